The maximum atomic E-state index is 9.00. The Balaban J connectivity index is 0.000000481. The van der Waals surface area contributed by atoms with E-state index in [2.05, 4.69) is 32.3 Å². The van der Waals surface area contributed by atoms with Gasteiger partial charge in [0, 0.05) is 37.5 Å². The molecule has 3 heterocycles. The number of aliphatic imine (C=N–C) groups is 1. The monoisotopic (exact) mass is 370 g/mol. The van der Waals surface area contributed by atoms with Crippen LogP contribution in [0.15, 0.2) is 35.5 Å². The summed E-state index contributed by atoms with van der Waals surface area (Å²) >= 11 is 0. The molecular weight excluding hydrogens is 348 g/mol. The summed E-state index contributed by atoms with van der Waals surface area (Å²) in [6.45, 7) is 5.11. The van der Waals surface area contributed by atoms with Crippen LogP contribution in [-0.2, 0) is 16.1 Å². The van der Waals surface area contributed by atoms with Crippen molar-refractivity contribution in [1.82, 2.24) is 14.9 Å². The number of nitrogen functional groups attached to an aromatic ring is 1. The van der Waals surface area contributed by atoms with E-state index in [1.54, 1.807) is 12.3 Å². The average Bonchev–Trinajstić information content (AvgIpc) is 3.05. The third-order valence-corrected chi connectivity index (χ3v) is 4.01. The van der Waals surface area contributed by atoms with E-state index in [1.807, 2.05) is 6.07 Å². The quantitative estimate of drug-likeness (QED) is 0.726. The molecule has 0 atom stereocenters. The molecule has 0 amide bonds. The lowest BCUT2D eigenvalue weighted by Crippen LogP contribution is -2.40. The second-order valence-electron chi connectivity index (χ2n) is 6.06. The first-order valence-electron chi connectivity index (χ1n) is 8.58. The van der Waals surface area contributed by atoms with E-state index >= 15 is 0 Å². The molecule has 1 fully saturated rings. The number of fused-ring (bicyclic) bond motifs is 1. The van der Waals surface area contributed by atoms with Gasteiger partial charge < -0.3 is 25.8 Å². The molecule has 0 bridgehead atoms. The predicted octanol–water partition coefficient (Wildman–Crippen LogP) is 1.49. The molecule has 0 radical (unpaired) electrons. The Morgan fingerprint density at radius 3 is 2.74 bits per heavy atom. The van der Waals surface area contributed by atoms with Crippen molar-refractivity contribution in [3.63, 3.8) is 0 Å². The van der Waals surface area contributed by atoms with Crippen LogP contribution in [-0.4, -0.2) is 58.1 Å². The number of aromatic nitrogens is 2. The van der Waals surface area contributed by atoms with Crippen molar-refractivity contribution in [3.05, 3.63) is 41.6 Å². The number of nitrogens with one attached hydrogen (secondary N) is 1. The average molecular weight is 370 g/mol. The van der Waals surface area contributed by atoms with E-state index in [9.17, 15) is 0 Å². The van der Waals surface area contributed by atoms with Gasteiger partial charge in [-0.25, -0.2) is 4.98 Å². The third-order valence-electron chi connectivity index (χ3n) is 4.01. The van der Waals surface area contributed by atoms with Crippen LogP contribution in [0, 0.1) is 0 Å². The third kappa shape index (κ3) is 4.91. The Hall–Kier alpha value is -3.20. The zero-order chi connectivity index (χ0) is 19.2. The van der Waals surface area contributed by atoms with Crippen LogP contribution in [0.2, 0.25) is 0 Å². The molecule has 0 saturated carbocycles. The number of amidine groups is 1. The summed E-state index contributed by atoms with van der Waals surface area (Å²) in [4.78, 5) is 24.1. The Morgan fingerprint density at radius 1 is 1.30 bits per heavy atom. The lowest BCUT2D eigenvalue weighted by molar-refractivity contribution is -0.134. The van der Waals surface area contributed by atoms with Gasteiger partial charge in [0.15, 0.2) is 0 Å². The number of aliphatic carboxylic acids is 1. The first kappa shape index (κ1) is 18.6. The number of benzene rings is 1. The van der Waals surface area contributed by atoms with E-state index < -0.39 is 5.97 Å². The van der Waals surface area contributed by atoms with E-state index in [4.69, 9.17) is 25.4 Å². The van der Waals surface area contributed by atoms with Crippen molar-refractivity contribution < 1.29 is 14.6 Å². The van der Waals surface area contributed by atoms with Crippen LogP contribution in [0.1, 0.15) is 18.1 Å². The molecule has 1 saturated heterocycles. The summed E-state index contributed by atoms with van der Waals surface area (Å²) in [5.74, 6) is 1.17. The molecule has 1 aromatic heterocycles. The number of anilines is 3. The van der Waals surface area contributed by atoms with Crippen molar-refractivity contribution in [2.24, 2.45) is 4.99 Å². The van der Waals surface area contributed by atoms with Gasteiger partial charge in [0.1, 0.15) is 11.7 Å². The van der Waals surface area contributed by atoms with Crippen molar-refractivity contribution in [2.45, 2.75) is 13.5 Å². The Labute approximate surface area is 156 Å². The number of nitrogens with two attached hydrogens (primary N) is 1. The Kier molecular flexibility index (Phi) is 5.82. The molecular formula is C18H22N6O3. The molecule has 142 valence electrons. The van der Waals surface area contributed by atoms with Gasteiger partial charge in [-0.1, -0.05) is 6.07 Å². The van der Waals surface area contributed by atoms with E-state index in [0.717, 1.165) is 51.3 Å². The fraction of sp³-hybridized carbons (Fsp3) is 0.333. The summed E-state index contributed by atoms with van der Waals surface area (Å²) < 4.78 is 5.43. The minimum absolute atomic E-state index is 0.256. The van der Waals surface area contributed by atoms with Gasteiger partial charge in [-0.15, -0.1) is 0 Å². The molecule has 1 aromatic carbocycles. The number of rotatable bonds is 2. The highest BCUT2D eigenvalue weighted by molar-refractivity contribution is 6.02. The summed E-state index contributed by atoms with van der Waals surface area (Å²) in [6, 6.07) is 8.06. The predicted molar refractivity (Wildman–Crippen MR) is 102 cm³/mol. The molecule has 4 rings (SSSR count). The van der Waals surface area contributed by atoms with Gasteiger partial charge >= 0.3 is 0 Å². The van der Waals surface area contributed by atoms with Crippen LogP contribution in [0.25, 0.3) is 0 Å². The lowest BCUT2D eigenvalue weighted by Gasteiger charge is -2.29. The summed E-state index contributed by atoms with van der Waals surface area (Å²) in [7, 11) is 0. The van der Waals surface area contributed by atoms with Crippen molar-refractivity contribution >= 4 is 29.3 Å². The fourth-order valence-electron chi connectivity index (χ4n) is 2.88. The van der Waals surface area contributed by atoms with Gasteiger partial charge in [-0.05, 0) is 23.8 Å². The molecule has 2 aliphatic rings. The second-order valence-corrected chi connectivity index (χ2v) is 6.06. The Morgan fingerprint density at radius 2 is 2.04 bits per heavy atom. The zero-order valence-electron chi connectivity index (χ0n) is 15.1. The fourth-order valence-corrected chi connectivity index (χ4v) is 2.88. The standard InChI is InChI=1S/C16H18N6O.C2H4O2/c17-16-18-4-3-14(21-16)20-12-2-1-11-10-19-15(13(11)9-12)22-5-7-23-8-6-22;1-2(3)4/h1-4,9H,5-8,10H2,(H3,17,18,20,21);1H3,(H,3,4). The van der Waals surface area contributed by atoms with Gasteiger partial charge in [0.05, 0.1) is 19.8 Å². The van der Waals surface area contributed by atoms with Crippen LogP contribution in [0.3, 0.4) is 0 Å². The molecule has 27 heavy (non-hydrogen) atoms. The van der Waals surface area contributed by atoms with Crippen molar-refractivity contribution in [2.75, 3.05) is 37.4 Å². The van der Waals surface area contributed by atoms with Crippen molar-refractivity contribution in [3.8, 4) is 0 Å². The summed E-state index contributed by atoms with van der Waals surface area (Å²) in [6.07, 6.45) is 1.64. The minimum atomic E-state index is -0.833. The molecule has 0 unspecified atom stereocenters. The van der Waals surface area contributed by atoms with E-state index in [1.165, 1.54) is 11.1 Å². The van der Waals surface area contributed by atoms with Crippen LogP contribution in [0.5, 0.6) is 0 Å². The molecule has 9 nitrogen and oxygen atoms in total. The number of carboxylic acid groups (broad SMARTS) is 1. The first-order valence-corrected chi connectivity index (χ1v) is 8.58. The minimum Gasteiger partial charge on any atom is -0.481 e. The van der Waals surface area contributed by atoms with E-state index in [0.29, 0.717) is 5.82 Å². The number of hydrogen-bond acceptors (Lipinski definition) is 8. The van der Waals surface area contributed by atoms with E-state index in [-0.39, 0.29) is 5.95 Å². The normalized spacial score (nSPS) is 15.3. The number of nitrogens with zero attached hydrogens (tertiary/aromatic N) is 4. The molecule has 2 aliphatic heterocycles. The number of morpholine rings is 1. The number of carboxylic acids is 1. The summed E-state index contributed by atoms with van der Waals surface area (Å²) in [5.41, 5.74) is 9.01. The largest absolute Gasteiger partial charge is 0.481 e. The Bertz CT molecular complexity index is 845. The summed E-state index contributed by atoms with van der Waals surface area (Å²) in [5, 5.41) is 10.7. The van der Waals surface area contributed by atoms with Gasteiger partial charge in [-0.2, -0.15) is 4.98 Å². The maximum Gasteiger partial charge on any atom is 0.300 e. The maximum absolute atomic E-state index is 9.00. The highest BCUT2D eigenvalue weighted by Crippen LogP contribution is 2.26. The number of hydrogen-bond donors (Lipinski definition) is 3. The number of carbonyl (C=O) groups is 1. The molecule has 0 spiro atoms. The molecule has 2 aromatic rings. The molecule has 9 heteroatoms. The topological polar surface area (TPSA) is 126 Å². The zero-order valence-corrected chi connectivity index (χ0v) is 15.1. The lowest BCUT2D eigenvalue weighted by atomic mass is 10.1. The van der Waals surface area contributed by atoms with Crippen LogP contribution < -0.4 is 11.1 Å². The van der Waals surface area contributed by atoms with Crippen LogP contribution in [0.4, 0.5) is 17.5 Å². The van der Waals surface area contributed by atoms with Gasteiger partial charge in [0.25, 0.3) is 5.97 Å². The van der Waals surface area contributed by atoms with Gasteiger partial charge in [0.2, 0.25) is 5.95 Å². The van der Waals surface area contributed by atoms with Crippen LogP contribution >= 0.6 is 0 Å². The SMILES string of the molecule is CC(=O)O.Nc1nccc(Nc2ccc3c(c2)C(N2CCOCC2)=NC3)n1. The second kappa shape index (κ2) is 8.45. The molecule has 4 N–H and O–H groups in total. The number of ether oxygens (including phenoxy) is 1. The van der Waals surface area contributed by atoms with Crippen molar-refractivity contribution in [1.29, 1.82) is 0 Å². The first-order chi connectivity index (χ1) is 13.0. The highest BCUT2D eigenvalue weighted by atomic mass is 16.5. The van der Waals surface area contributed by atoms with Gasteiger partial charge in [-0.3, -0.25) is 9.79 Å². The smallest absolute Gasteiger partial charge is 0.300 e. The molecule has 0 aliphatic carbocycles. The highest BCUT2D eigenvalue weighted by Gasteiger charge is 2.23.